The number of nitrogens with zero attached hydrogens (tertiary/aromatic N) is 3. The van der Waals surface area contributed by atoms with Crippen molar-refractivity contribution >= 4 is 11.6 Å². The number of nitro groups is 1. The average Bonchev–Trinajstić information content (AvgIpc) is 2.74. The molecule has 0 aliphatic heterocycles. The Labute approximate surface area is 128 Å². The Morgan fingerprint density at radius 2 is 1.95 bits per heavy atom. The Kier molecular flexibility index (Phi) is 4.40. The van der Waals surface area contributed by atoms with E-state index in [2.05, 4.69) is 18.9 Å². The number of aromatic nitrogens is 2. The van der Waals surface area contributed by atoms with Crippen LogP contribution in [0.3, 0.4) is 0 Å². The first-order valence-electron chi connectivity index (χ1n) is 7.16. The molecule has 0 saturated heterocycles. The molecule has 0 fully saturated rings. The number of hydrogen-bond donors (Lipinski definition) is 0. The summed E-state index contributed by atoms with van der Waals surface area (Å²) in [5.74, 6) is -0.0286. The smallest absolute Gasteiger partial charge is 0.266 e. The van der Waals surface area contributed by atoms with Crippen LogP contribution in [-0.4, -0.2) is 20.6 Å². The summed E-state index contributed by atoms with van der Waals surface area (Å²) >= 11 is 0. The minimum Gasteiger partial charge on any atom is -0.266 e. The van der Waals surface area contributed by atoms with E-state index < -0.39 is 10.8 Å². The monoisotopic (exact) mass is 301 g/mol. The second-order valence-electron chi connectivity index (χ2n) is 5.74. The van der Waals surface area contributed by atoms with Gasteiger partial charge >= 0.3 is 0 Å². The van der Waals surface area contributed by atoms with Gasteiger partial charge in [0.2, 0.25) is 0 Å². The van der Waals surface area contributed by atoms with Gasteiger partial charge in [-0.15, -0.1) is 0 Å². The molecular weight excluding hydrogens is 282 g/mol. The molecule has 0 bridgehead atoms. The van der Waals surface area contributed by atoms with E-state index in [1.807, 2.05) is 13.8 Å². The van der Waals surface area contributed by atoms with Crippen LogP contribution in [0.5, 0.6) is 0 Å². The maximum Gasteiger partial charge on any atom is 0.285 e. The quantitative estimate of drug-likeness (QED) is 0.641. The maximum absolute atomic E-state index is 12.6. The van der Waals surface area contributed by atoms with E-state index in [0.717, 1.165) is 23.4 Å². The van der Waals surface area contributed by atoms with Gasteiger partial charge in [0.05, 0.1) is 10.6 Å². The molecule has 0 atom stereocenters. The van der Waals surface area contributed by atoms with E-state index >= 15 is 0 Å². The lowest BCUT2D eigenvalue weighted by molar-refractivity contribution is -0.385. The molecule has 116 valence electrons. The molecule has 1 aromatic heterocycles. The molecule has 6 heteroatoms. The summed E-state index contributed by atoms with van der Waals surface area (Å²) in [6.45, 7) is 7.87. The number of benzene rings is 1. The highest BCUT2D eigenvalue weighted by molar-refractivity contribution is 5.99. The second-order valence-corrected chi connectivity index (χ2v) is 5.74. The third kappa shape index (κ3) is 2.90. The molecule has 6 nitrogen and oxygen atoms in total. The number of carbonyl (C=O) groups excluding carboxylic acids is 1. The Hall–Kier alpha value is -2.50. The summed E-state index contributed by atoms with van der Waals surface area (Å²) in [7, 11) is 0. The lowest BCUT2D eigenvalue weighted by Crippen LogP contribution is -2.17. The minimum absolute atomic E-state index is 0.0502. The van der Waals surface area contributed by atoms with Gasteiger partial charge in [0.1, 0.15) is 5.56 Å². The normalized spacial score (nSPS) is 11.0. The van der Waals surface area contributed by atoms with E-state index in [4.69, 9.17) is 0 Å². The van der Waals surface area contributed by atoms with Crippen LogP contribution in [0.15, 0.2) is 24.3 Å². The van der Waals surface area contributed by atoms with Crippen LogP contribution in [0.4, 0.5) is 5.69 Å². The molecule has 2 rings (SSSR count). The van der Waals surface area contributed by atoms with Gasteiger partial charge in [0, 0.05) is 11.8 Å². The third-order valence-corrected chi connectivity index (χ3v) is 3.58. The number of nitro benzene ring substituents is 1. The Bertz CT molecular complexity index is 732. The first-order chi connectivity index (χ1) is 10.3. The van der Waals surface area contributed by atoms with E-state index in [9.17, 15) is 14.9 Å². The summed E-state index contributed by atoms with van der Waals surface area (Å²) < 4.78 is 1.27. The Balaban J connectivity index is 2.50. The van der Waals surface area contributed by atoms with Crippen LogP contribution in [0.25, 0.3) is 0 Å². The van der Waals surface area contributed by atoms with Crippen molar-refractivity contribution in [1.29, 1.82) is 0 Å². The highest BCUT2D eigenvalue weighted by Gasteiger charge is 2.24. The van der Waals surface area contributed by atoms with Crippen molar-refractivity contribution in [2.24, 2.45) is 5.92 Å². The lowest BCUT2D eigenvalue weighted by Gasteiger charge is -2.06. The van der Waals surface area contributed by atoms with Crippen LogP contribution in [0.1, 0.15) is 41.2 Å². The minimum atomic E-state index is -0.548. The fraction of sp³-hybridized carbons (Fsp3) is 0.375. The van der Waals surface area contributed by atoms with Crippen LogP contribution in [-0.2, 0) is 6.42 Å². The van der Waals surface area contributed by atoms with Gasteiger partial charge in [-0.3, -0.25) is 14.9 Å². The van der Waals surface area contributed by atoms with Gasteiger partial charge in [-0.05, 0) is 37.8 Å². The topological polar surface area (TPSA) is 78.0 Å². The fourth-order valence-corrected chi connectivity index (χ4v) is 2.50. The van der Waals surface area contributed by atoms with Crippen molar-refractivity contribution in [2.75, 3.05) is 0 Å². The Morgan fingerprint density at radius 3 is 2.55 bits per heavy atom. The molecule has 0 saturated carbocycles. The molecule has 22 heavy (non-hydrogen) atoms. The summed E-state index contributed by atoms with van der Waals surface area (Å²) in [6.07, 6.45) is 0.821. The number of para-hydroxylation sites is 1. The first kappa shape index (κ1) is 15.9. The van der Waals surface area contributed by atoms with Crippen molar-refractivity contribution in [2.45, 2.75) is 34.1 Å². The molecule has 0 aliphatic carbocycles. The number of hydrogen-bond acceptors (Lipinski definition) is 4. The summed E-state index contributed by atoms with van der Waals surface area (Å²) in [5, 5.41) is 15.4. The third-order valence-electron chi connectivity index (χ3n) is 3.58. The molecule has 1 aromatic carbocycles. The van der Waals surface area contributed by atoms with Gasteiger partial charge in [-0.1, -0.05) is 26.0 Å². The summed E-state index contributed by atoms with van der Waals surface area (Å²) in [4.78, 5) is 23.2. The highest BCUT2D eigenvalue weighted by atomic mass is 16.6. The number of aryl methyl sites for hydroxylation is 1. The summed E-state index contributed by atoms with van der Waals surface area (Å²) in [6, 6.07) is 5.94. The van der Waals surface area contributed by atoms with Gasteiger partial charge < -0.3 is 0 Å². The predicted molar refractivity (Wildman–Crippen MR) is 83.1 cm³/mol. The molecule has 0 unspecified atom stereocenters. The van der Waals surface area contributed by atoms with E-state index in [0.29, 0.717) is 5.92 Å². The lowest BCUT2D eigenvalue weighted by atomic mass is 10.0. The molecule has 0 amide bonds. The van der Waals surface area contributed by atoms with Crippen LogP contribution in [0.2, 0.25) is 0 Å². The van der Waals surface area contributed by atoms with E-state index in [1.54, 1.807) is 12.1 Å². The zero-order valence-corrected chi connectivity index (χ0v) is 13.2. The molecule has 0 radical (unpaired) electrons. The Morgan fingerprint density at radius 1 is 1.32 bits per heavy atom. The standard InChI is InChI=1S/C16H19N3O3/c1-10(2)9-14-11(3)17-18(12(14)4)16(20)13-7-5-6-8-15(13)19(21)22/h5-8,10H,9H2,1-4H3. The molecular formula is C16H19N3O3. The largest absolute Gasteiger partial charge is 0.285 e. The zero-order chi connectivity index (χ0) is 16.4. The van der Waals surface area contributed by atoms with Crippen molar-refractivity contribution in [1.82, 2.24) is 9.78 Å². The van der Waals surface area contributed by atoms with Gasteiger partial charge in [-0.2, -0.15) is 5.10 Å². The van der Waals surface area contributed by atoms with Crippen molar-refractivity contribution in [3.05, 3.63) is 56.9 Å². The molecule has 0 aliphatic rings. The van der Waals surface area contributed by atoms with Gasteiger partial charge in [0.15, 0.2) is 0 Å². The van der Waals surface area contributed by atoms with Crippen molar-refractivity contribution in [3.63, 3.8) is 0 Å². The predicted octanol–water partition coefficient (Wildman–Crippen LogP) is 3.30. The first-order valence-corrected chi connectivity index (χ1v) is 7.16. The maximum atomic E-state index is 12.6. The van der Waals surface area contributed by atoms with Gasteiger partial charge in [0.25, 0.3) is 11.6 Å². The summed E-state index contributed by atoms with van der Waals surface area (Å²) in [5.41, 5.74) is 2.41. The zero-order valence-electron chi connectivity index (χ0n) is 13.2. The SMILES string of the molecule is Cc1nn(C(=O)c2ccccc2[N+](=O)[O-])c(C)c1CC(C)C. The van der Waals surface area contributed by atoms with Crippen LogP contribution < -0.4 is 0 Å². The average molecular weight is 301 g/mol. The molecule has 1 heterocycles. The van der Waals surface area contributed by atoms with E-state index in [1.165, 1.54) is 16.8 Å². The van der Waals surface area contributed by atoms with Crippen LogP contribution >= 0.6 is 0 Å². The van der Waals surface area contributed by atoms with Crippen LogP contribution in [0, 0.1) is 29.9 Å². The van der Waals surface area contributed by atoms with Crippen molar-refractivity contribution in [3.8, 4) is 0 Å². The number of rotatable bonds is 4. The van der Waals surface area contributed by atoms with Crippen molar-refractivity contribution < 1.29 is 9.72 Å². The van der Waals surface area contributed by atoms with E-state index in [-0.39, 0.29) is 11.3 Å². The fourth-order valence-electron chi connectivity index (χ4n) is 2.50. The second kappa shape index (κ2) is 6.09. The highest BCUT2D eigenvalue weighted by Crippen LogP contribution is 2.22. The molecule has 0 spiro atoms. The molecule has 0 N–H and O–H groups in total. The number of carbonyl (C=O) groups is 1. The van der Waals surface area contributed by atoms with Gasteiger partial charge in [-0.25, -0.2) is 4.68 Å². The molecule has 2 aromatic rings.